The van der Waals surface area contributed by atoms with Gasteiger partial charge >= 0.3 is 5.97 Å². The zero-order valence-electron chi connectivity index (χ0n) is 10.9. The first kappa shape index (κ1) is 14.9. The van der Waals surface area contributed by atoms with Crippen LogP contribution in [0.3, 0.4) is 0 Å². The van der Waals surface area contributed by atoms with E-state index in [0.29, 0.717) is 5.56 Å². The highest BCUT2D eigenvalue weighted by atomic mass is 32.2. The van der Waals surface area contributed by atoms with E-state index < -0.39 is 21.8 Å². The van der Waals surface area contributed by atoms with Gasteiger partial charge in [-0.1, -0.05) is 12.1 Å². The summed E-state index contributed by atoms with van der Waals surface area (Å²) in [6.45, 7) is 1.52. The molecule has 0 unspecified atom stereocenters. The fourth-order valence-corrected chi connectivity index (χ4v) is 2.93. The van der Waals surface area contributed by atoms with Gasteiger partial charge < -0.3 is 5.11 Å². The molecular formula is C13H11FN2O4S. The molecule has 0 radical (unpaired) electrons. The molecule has 110 valence electrons. The van der Waals surface area contributed by atoms with Crippen molar-refractivity contribution in [1.82, 2.24) is 4.98 Å². The Bertz CT molecular complexity index is 806. The summed E-state index contributed by atoms with van der Waals surface area (Å²) in [5.41, 5.74) is 0.0597. The van der Waals surface area contributed by atoms with Gasteiger partial charge in [-0.2, -0.15) is 0 Å². The molecule has 1 aromatic heterocycles. The summed E-state index contributed by atoms with van der Waals surface area (Å²) < 4.78 is 39.7. The van der Waals surface area contributed by atoms with Crippen LogP contribution in [0.1, 0.15) is 16.1 Å². The van der Waals surface area contributed by atoms with Crippen molar-refractivity contribution in [3.05, 3.63) is 53.5 Å². The highest BCUT2D eigenvalue weighted by Crippen LogP contribution is 2.19. The molecule has 2 aromatic rings. The Morgan fingerprint density at radius 2 is 2.00 bits per heavy atom. The first-order valence-electron chi connectivity index (χ1n) is 5.79. The molecule has 8 heteroatoms. The first-order valence-corrected chi connectivity index (χ1v) is 7.27. The van der Waals surface area contributed by atoms with Crippen LogP contribution in [-0.4, -0.2) is 24.5 Å². The van der Waals surface area contributed by atoms with Gasteiger partial charge in [0.1, 0.15) is 11.6 Å². The Labute approximate surface area is 120 Å². The van der Waals surface area contributed by atoms with Gasteiger partial charge in [0.25, 0.3) is 10.0 Å². The minimum Gasteiger partial charge on any atom is -0.477 e. The van der Waals surface area contributed by atoms with Crippen molar-refractivity contribution in [3.8, 4) is 0 Å². The third-order valence-corrected chi connectivity index (χ3v) is 4.14. The van der Waals surface area contributed by atoms with Crippen molar-refractivity contribution >= 4 is 21.8 Å². The summed E-state index contributed by atoms with van der Waals surface area (Å²) in [6, 6.07) is 7.26. The number of carbonyl (C=O) groups is 1. The number of nitrogens with one attached hydrogen (secondary N) is 1. The van der Waals surface area contributed by atoms with Crippen molar-refractivity contribution in [2.75, 3.05) is 4.72 Å². The first-order chi connectivity index (χ1) is 9.79. The minimum absolute atomic E-state index is 0.154. The lowest BCUT2D eigenvalue weighted by Gasteiger charge is -2.10. The molecule has 0 saturated carbocycles. The zero-order valence-corrected chi connectivity index (χ0v) is 11.7. The maximum Gasteiger partial charge on any atom is 0.354 e. The van der Waals surface area contributed by atoms with Crippen LogP contribution in [0.2, 0.25) is 0 Å². The van der Waals surface area contributed by atoms with E-state index in [1.54, 1.807) is 0 Å². The number of carboxylic acids is 1. The fourth-order valence-electron chi connectivity index (χ4n) is 1.67. The van der Waals surface area contributed by atoms with Crippen LogP contribution in [0, 0.1) is 12.7 Å². The molecule has 0 saturated heterocycles. The lowest BCUT2D eigenvalue weighted by molar-refractivity contribution is 0.0690. The van der Waals surface area contributed by atoms with E-state index in [-0.39, 0.29) is 16.4 Å². The van der Waals surface area contributed by atoms with Crippen molar-refractivity contribution < 1.29 is 22.7 Å². The SMILES string of the molecule is Cc1ccc(F)cc1S(=O)(=O)Nc1cccc(C(=O)O)n1. The number of hydrogen-bond acceptors (Lipinski definition) is 4. The summed E-state index contributed by atoms with van der Waals surface area (Å²) in [4.78, 5) is 14.2. The normalized spacial score (nSPS) is 11.1. The van der Waals surface area contributed by atoms with Gasteiger partial charge in [-0.25, -0.2) is 22.6 Å². The number of rotatable bonds is 4. The van der Waals surface area contributed by atoms with Crippen molar-refractivity contribution in [1.29, 1.82) is 0 Å². The number of benzene rings is 1. The molecular weight excluding hydrogens is 299 g/mol. The molecule has 0 atom stereocenters. The number of anilines is 1. The molecule has 0 aliphatic rings. The van der Waals surface area contributed by atoms with E-state index in [9.17, 15) is 17.6 Å². The third kappa shape index (κ3) is 3.34. The average Bonchev–Trinajstić information content (AvgIpc) is 2.41. The average molecular weight is 310 g/mol. The monoisotopic (exact) mass is 310 g/mol. The maximum absolute atomic E-state index is 13.2. The van der Waals surface area contributed by atoms with Gasteiger partial charge in [-0.3, -0.25) is 4.72 Å². The van der Waals surface area contributed by atoms with Crippen LogP contribution in [0.25, 0.3) is 0 Å². The van der Waals surface area contributed by atoms with Crippen LogP contribution in [-0.2, 0) is 10.0 Å². The van der Waals surface area contributed by atoms with E-state index in [0.717, 1.165) is 12.1 Å². The zero-order chi connectivity index (χ0) is 15.6. The van der Waals surface area contributed by atoms with Gasteiger partial charge in [0.2, 0.25) is 0 Å². The Morgan fingerprint density at radius 3 is 2.67 bits per heavy atom. The quantitative estimate of drug-likeness (QED) is 0.900. The molecule has 2 N–H and O–H groups in total. The molecule has 2 rings (SSSR count). The van der Waals surface area contributed by atoms with E-state index in [1.165, 1.54) is 31.2 Å². The number of carboxylic acid groups (broad SMARTS) is 1. The Balaban J connectivity index is 2.40. The van der Waals surface area contributed by atoms with Crippen LogP contribution in [0.5, 0.6) is 0 Å². The van der Waals surface area contributed by atoms with E-state index >= 15 is 0 Å². The molecule has 0 fully saturated rings. The predicted octanol–water partition coefficient (Wildman–Crippen LogP) is 2.03. The van der Waals surface area contributed by atoms with Crippen molar-refractivity contribution in [3.63, 3.8) is 0 Å². The topological polar surface area (TPSA) is 96.4 Å². The molecule has 0 aliphatic heterocycles. The molecule has 1 aromatic carbocycles. The highest BCUT2D eigenvalue weighted by Gasteiger charge is 2.19. The largest absolute Gasteiger partial charge is 0.477 e. The van der Waals surface area contributed by atoms with Gasteiger partial charge in [0, 0.05) is 0 Å². The molecule has 21 heavy (non-hydrogen) atoms. The smallest absolute Gasteiger partial charge is 0.354 e. The number of aryl methyl sites for hydroxylation is 1. The molecule has 0 amide bonds. The van der Waals surface area contributed by atoms with Crippen LogP contribution < -0.4 is 4.72 Å². The Hall–Kier alpha value is -2.48. The number of sulfonamides is 1. The van der Waals surface area contributed by atoms with Gasteiger partial charge in [0.15, 0.2) is 5.69 Å². The van der Waals surface area contributed by atoms with Gasteiger partial charge in [0.05, 0.1) is 4.90 Å². The molecule has 6 nitrogen and oxygen atoms in total. The third-order valence-electron chi connectivity index (χ3n) is 2.65. The van der Waals surface area contributed by atoms with Gasteiger partial charge in [-0.05, 0) is 36.8 Å². The van der Waals surface area contributed by atoms with Crippen molar-refractivity contribution in [2.24, 2.45) is 0 Å². The summed E-state index contributed by atoms with van der Waals surface area (Å²) in [6.07, 6.45) is 0. The van der Waals surface area contributed by atoms with Gasteiger partial charge in [-0.15, -0.1) is 0 Å². The molecule has 0 spiro atoms. The summed E-state index contributed by atoms with van der Waals surface area (Å²) in [7, 11) is -4.05. The Morgan fingerprint density at radius 1 is 1.29 bits per heavy atom. The second kappa shape index (κ2) is 5.49. The van der Waals surface area contributed by atoms with Crippen LogP contribution in [0.15, 0.2) is 41.3 Å². The lowest BCUT2D eigenvalue weighted by Crippen LogP contribution is -2.16. The summed E-state index contributed by atoms with van der Waals surface area (Å²) in [5, 5.41) is 8.82. The summed E-state index contributed by atoms with van der Waals surface area (Å²) in [5.74, 6) is -2.12. The van der Waals surface area contributed by atoms with E-state index in [1.807, 2.05) is 0 Å². The Kier molecular flexibility index (Phi) is 3.90. The number of aromatic carboxylic acids is 1. The summed E-state index contributed by atoms with van der Waals surface area (Å²) >= 11 is 0. The number of aromatic nitrogens is 1. The van der Waals surface area contributed by atoms with Crippen molar-refractivity contribution in [2.45, 2.75) is 11.8 Å². The second-order valence-corrected chi connectivity index (χ2v) is 5.88. The number of pyridine rings is 1. The van der Waals surface area contributed by atoms with Crippen LogP contribution >= 0.6 is 0 Å². The van der Waals surface area contributed by atoms with Crippen LogP contribution in [0.4, 0.5) is 10.2 Å². The number of halogens is 1. The highest BCUT2D eigenvalue weighted by molar-refractivity contribution is 7.92. The fraction of sp³-hybridized carbons (Fsp3) is 0.0769. The standard InChI is InChI=1S/C13H11FN2O4S/c1-8-5-6-9(14)7-11(8)21(19,20)16-12-4-2-3-10(15-12)13(17)18/h2-7H,1H3,(H,15,16)(H,17,18). The number of nitrogens with zero attached hydrogens (tertiary/aromatic N) is 1. The van der Waals surface area contributed by atoms with E-state index in [4.69, 9.17) is 5.11 Å². The van der Waals surface area contributed by atoms with E-state index in [2.05, 4.69) is 9.71 Å². The number of hydrogen-bond donors (Lipinski definition) is 2. The minimum atomic E-state index is -4.05. The lowest BCUT2D eigenvalue weighted by atomic mass is 10.2. The maximum atomic E-state index is 13.2. The second-order valence-electron chi connectivity index (χ2n) is 4.23. The predicted molar refractivity (Wildman–Crippen MR) is 73.1 cm³/mol. The molecule has 0 bridgehead atoms. The molecule has 1 heterocycles. The molecule has 0 aliphatic carbocycles.